The zero-order valence-electron chi connectivity index (χ0n) is 18.6. The second-order valence-electron chi connectivity index (χ2n) is 7.85. The van der Waals surface area contributed by atoms with Gasteiger partial charge in [-0.15, -0.1) is 0 Å². The van der Waals surface area contributed by atoms with E-state index in [1.165, 1.54) is 22.3 Å². The Labute approximate surface area is 185 Å². The van der Waals surface area contributed by atoms with Crippen molar-refractivity contribution >= 4 is 17.3 Å². The van der Waals surface area contributed by atoms with E-state index < -0.39 is 0 Å². The van der Waals surface area contributed by atoms with E-state index >= 15 is 0 Å². The molecule has 0 bridgehead atoms. The van der Waals surface area contributed by atoms with Crippen molar-refractivity contribution in [3.05, 3.63) is 58.7 Å². The predicted molar refractivity (Wildman–Crippen MR) is 126 cm³/mol. The van der Waals surface area contributed by atoms with Crippen LogP contribution in [0.1, 0.15) is 42.1 Å². The van der Waals surface area contributed by atoms with E-state index in [0.29, 0.717) is 5.11 Å². The minimum atomic E-state index is 0.124. The number of nitrogens with one attached hydrogen (secondary N) is 2. The van der Waals surface area contributed by atoms with Crippen LogP contribution in [0.2, 0.25) is 0 Å². The molecule has 0 radical (unpaired) electrons. The number of fused-ring (bicyclic) bond motifs is 1. The van der Waals surface area contributed by atoms with Crippen molar-refractivity contribution in [3.8, 4) is 11.5 Å². The molecule has 0 aliphatic carbocycles. The molecule has 2 aromatic rings. The molecule has 0 aromatic heterocycles. The van der Waals surface area contributed by atoms with Crippen molar-refractivity contribution in [2.45, 2.75) is 45.8 Å². The number of hydrogen-bond acceptors (Lipinski definition) is 4. The molecule has 1 aliphatic rings. The molecule has 162 valence electrons. The van der Waals surface area contributed by atoms with Gasteiger partial charge in [0.05, 0.1) is 20.3 Å². The molecular formula is C24H33N3O2S. The summed E-state index contributed by atoms with van der Waals surface area (Å²) < 4.78 is 11.2. The van der Waals surface area contributed by atoms with Crippen LogP contribution in [0.4, 0.5) is 0 Å². The molecule has 0 unspecified atom stereocenters. The van der Waals surface area contributed by atoms with E-state index in [9.17, 15) is 0 Å². The highest BCUT2D eigenvalue weighted by atomic mass is 32.1. The molecule has 1 heterocycles. The summed E-state index contributed by atoms with van der Waals surface area (Å²) in [6.07, 6.45) is 0.975. The Morgan fingerprint density at radius 1 is 1.17 bits per heavy atom. The van der Waals surface area contributed by atoms with E-state index in [2.05, 4.69) is 72.7 Å². The van der Waals surface area contributed by atoms with E-state index in [0.717, 1.165) is 37.6 Å². The van der Waals surface area contributed by atoms with Crippen molar-refractivity contribution < 1.29 is 9.47 Å². The van der Waals surface area contributed by atoms with Gasteiger partial charge in [0, 0.05) is 25.7 Å². The number of ether oxygens (including phenoxy) is 2. The van der Waals surface area contributed by atoms with Crippen molar-refractivity contribution in [1.29, 1.82) is 0 Å². The average molecular weight is 428 g/mol. The summed E-state index contributed by atoms with van der Waals surface area (Å²) in [5, 5.41) is 7.38. The lowest BCUT2D eigenvalue weighted by molar-refractivity contribution is 0.149. The lowest BCUT2D eigenvalue weighted by atomic mass is 9.87. The summed E-state index contributed by atoms with van der Waals surface area (Å²) in [4.78, 5) is 2.53. The number of methoxy groups -OCH3 is 2. The van der Waals surface area contributed by atoms with E-state index in [-0.39, 0.29) is 12.1 Å². The molecule has 2 N–H and O–H groups in total. The summed E-state index contributed by atoms with van der Waals surface area (Å²) in [6.45, 7) is 9.03. The maximum absolute atomic E-state index is 5.61. The number of aryl methyl sites for hydroxylation is 1. The maximum atomic E-state index is 5.61. The molecule has 3 rings (SSSR count). The highest BCUT2D eigenvalue weighted by Crippen LogP contribution is 2.40. The average Bonchev–Trinajstić information content (AvgIpc) is 2.74. The van der Waals surface area contributed by atoms with Crippen LogP contribution < -0.4 is 20.1 Å². The summed E-state index contributed by atoms with van der Waals surface area (Å²) >= 11 is 5.48. The Hall–Kier alpha value is -2.31. The van der Waals surface area contributed by atoms with Gasteiger partial charge in [-0.25, -0.2) is 0 Å². The normalized spacial score (nSPS) is 17.0. The molecule has 0 saturated heterocycles. The largest absolute Gasteiger partial charge is 0.493 e. The van der Waals surface area contributed by atoms with Crippen LogP contribution in [-0.2, 0) is 13.0 Å². The van der Waals surface area contributed by atoms with Gasteiger partial charge >= 0.3 is 0 Å². The third-order valence-corrected chi connectivity index (χ3v) is 5.96. The standard InChI is InChI=1S/C24H33N3O2S/c1-6-25-24(30)26-17(3)23-20-14-22(29-5)21(28-4)13-19(20)11-12-27(23)15-18-9-7-16(2)8-10-18/h7-10,13-14,17,23H,6,11-12,15H2,1-5H3,(H2,25,26,30)/t17-,23-/m1/s1. The van der Waals surface area contributed by atoms with Crippen LogP contribution in [-0.4, -0.2) is 43.4 Å². The minimum absolute atomic E-state index is 0.124. The van der Waals surface area contributed by atoms with Gasteiger partial charge in [-0.3, -0.25) is 4.90 Å². The first kappa shape index (κ1) is 22.4. The fraction of sp³-hybridized carbons (Fsp3) is 0.458. The molecule has 0 fully saturated rings. The monoisotopic (exact) mass is 427 g/mol. The van der Waals surface area contributed by atoms with Crippen LogP contribution in [0, 0.1) is 6.92 Å². The molecule has 6 heteroatoms. The van der Waals surface area contributed by atoms with E-state index in [1.807, 2.05) is 0 Å². The first-order valence-electron chi connectivity index (χ1n) is 10.6. The van der Waals surface area contributed by atoms with Gasteiger partial charge in [-0.05, 0) is 68.2 Å². The molecule has 1 aliphatic heterocycles. The van der Waals surface area contributed by atoms with Crippen LogP contribution >= 0.6 is 12.2 Å². The van der Waals surface area contributed by atoms with Gasteiger partial charge in [-0.2, -0.15) is 0 Å². The number of hydrogen-bond donors (Lipinski definition) is 2. The van der Waals surface area contributed by atoms with Gasteiger partial charge in [0.15, 0.2) is 16.6 Å². The molecule has 0 amide bonds. The molecule has 0 spiro atoms. The Bertz CT molecular complexity index is 869. The summed E-state index contributed by atoms with van der Waals surface area (Å²) in [7, 11) is 3.38. The Balaban J connectivity index is 1.96. The molecule has 2 aromatic carbocycles. The summed E-state index contributed by atoms with van der Waals surface area (Å²) in [5.74, 6) is 1.55. The first-order chi connectivity index (χ1) is 14.5. The van der Waals surface area contributed by atoms with Gasteiger partial charge in [0.1, 0.15) is 0 Å². The molecule has 30 heavy (non-hydrogen) atoms. The van der Waals surface area contributed by atoms with Crippen molar-refractivity contribution in [2.75, 3.05) is 27.3 Å². The number of nitrogens with zero attached hydrogens (tertiary/aromatic N) is 1. The molecule has 2 atom stereocenters. The van der Waals surface area contributed by atoms with Crippen molar-refractivity contribution in [1.82, 2.24) is 15.5 Å². The predicted octanol–water partition coefficient (Wildman–Crippen LogP) is 3.98. The summed E-state index contributed by atoms with van der Waals surface area (Å²) in [6, 6.07) is 13.3. The Morgan fingerprint density at radius 2 is 1.83 bits per heavy atom. The second-order valence-corrected chi connectivity index (χ2v) is 8.26. The highest BCUT2D eigenvalue weighted by molar-refractivity contribution is 7.80. The van der Waals surface area contributed by atoms with Gasteiger partial charge in [0.25, 0.3) is 0 Å². The maximum Gasteiger partial charge on any atom is 0.166 e. The molecule has 5 nitrogen and oxygen atoms in total. The van der Waals surface area contributed by atoms with Crippen LogP contribution in [0.5, 0.6) is 11.5 Å². The van der Waals surface area contributed by atoms with Gasteiger partial charge in [0.2, 0.25) is 0 Å². The lowest BCUT2D eigenvalue weighted by Gasteiger charge is -2.41. The fourth-order valence-electron chi connectivity index (χ4n) is 4.22. The molecular weight excluding hydrogens is 394 g/mol. The first-order valence-corrected chi connectivity index (χ1v) is 11.0. The van der Waals surface area contributed by atoms with Gasteiger partial charge < -0.3 is 20.1 Å². The van der Waals surface area contributed by atoms with Crippen LogP contribution in [0.15, 0.2) is 36.4 Å². The van der Waals surface area contributed by atoms with Crippen LogP contribution in [0.25, 0.3) is 0 Å². The SMILES string of the molecule is CCNC(=S)N[C@H](C)[C@@H]1c2cc(OC)c(OC)cc2CCN1Cc1ccc(C)cc1. The zero-order chi connectivity index (χ0) is 21.7. The van der Waals surface area contributed by atoms with Gasteiger partial charge in [-0.1, -0.05) is 29.8 Å². The van der Waals surface area contributed by atoms with E-state index in [4.69, 9.17) is 21.7 Å². The lowest BCUT2D eigenvalue weighted by Crippen LogP contribution is -2.49. The second kappa shape index (κ2) is 10.1. The topological polar surface area (TPSA) is 45.8 Å². The van der Waals surface area contributed by atoms with E-state index in [1.54, 1.807) is 14.2 Å². The van der Waals surface area contributed by atoms with Crippen molar-refractivity contribution in [2.24, 2.45) is 0 Å². The minimum Gasteiger partial charge on any atom is -0.493 e. The highest BCUT2D eigenvalue weighted by Gasteiger charge is 2.33. The Kier molecular flexibility index (Phi) is 7.56. The third-order valence-electron chi connectivity index (χ3n) is 5.70. The van der Waals surface area contributed by atoms with Crippen molar-refractivity contribution in [3.63, 3.8) is 0 Å². The van der Waals surface area contributed by atoms with Crippen LogP contribution in [0.3, 0.4) is 0 Å². The number of benzene rings is 2. The number of rotatable bonds is 7. The third kappa shape index (κ3) is 5.05. The fourth-order valence-corrected chi connectivity index (χ4v) is 4.55. The smallest absolute Gasteiger partial charge is 0.166 e. The Morgan fingerprint density at radius 3 is 2.47 bits per heavy atom. The zero-order valence-corrected chi connectivity index (χ0v) is 19.4. The number of thiocarbonyl (C=S) groups is 1. The summed E-state index contributed by atoms with van der Waals surface area (Å²) in [5.41, 5.74) is 5.17. The quantitative estimate of drug-likeness (QED) is 0.652. The molecule has 0 saturated carbocycles.